The van der Waals surface area contributed by atoms with Gasteiger partial charge in [0, 0.05) is 6.04 Å². The standard InChI is InChI=1S/C9H19NO2/c1-6(2)7(10)9(3,4)8(11)12-5/h6-7H,10H2,1-5H3/t7-/m1/s1. The van der Waals surface area contributed by atoms with Crippen molar-refractivity contribution in [2.45, 2.75) is 33.7 Å². The second-order valence-electron chi connectivity index (χ2n) is 3.98. The number of esters is 1. The molecule has 0 saturated carbocycles. The fraction of sp³-hybridized carbons (Fsp3) is 0.889. The molecule has 2 N–H and O–H groups in total. The molecule has 0 aliphatic carbocycles. The Labute approximate surface area is 74.3 Å². The Morgan fingerprint density at radius 1 is 1.42 bits per heavy atom. The van der Waals surface area contributed by atoms with Crippen molar-refractivity contribution >= 4 is 5.97 Å². The minimum Gasteiger partial charge on any atom is -0.469 e. The highest BCUT2D eigenvalue weighted by Gasteiger charge is 2.36. The smallest absolute Gasteiger partial charge is 0.312 e. The van der Waals surface area contributed by atoms with Crippen molar-refractivity contribution in [3.63, 3.8) is 0 Å². The third-order valence-electron chi connectivity index (χ3n) is 2.26. The van der Waals surface area contributed by atoms with Gasteiger partial charge in [0.1, 0.15) is 0 Å². The van der Waals surface area contributed by atoms with Crippen molar-refractivity contribution in [3.8, 4) is 0 Å². The third-order valence-corrected chi connectivity index (χ3v) is 2.26. The van der Waals surface area contributed by atoms with Crippen LogP contribution in [0.15, 0.2) is 0 Å². The molecule has 0 aliphatic rings. The summed E-state index contributed by atoms with van der Waals surface area (Å²) in [4.78, 5) is 11.3. The molecule has 0 aromatic carbocycles. The summed E-state index contributed by atoms with van der Waals surface area (Å²) in [5, 5.41) is 0. The van der Waals surface area contributed by atoms with Gasteiger partial charge in [-0.3, -0.25) is 4.79 Å². The molecule has 3 nitrogen and oxygen atoms in total. The highest BCUT2D eigenvalue weighted by atomic mass is 16.5. The van der Waals surface area contributed by atoms with Crippen molar-refractivity contribution in [1.82, 2.24) is 0 Å². The molecule has 72 valence electrons. The summed E-state index contributed by atoms with van der Waals surface area (Å²) in [6.07, 6.45) is 0. The molecule has 3 heteroatoms. The molecule has 0 spiro atoms. The lowest BCUT2D eigenvalue weighted by Crippen LogP contribution is -2.47. The van der Waals surface area contributed by atoms with Crippen molar-refractivity contribution < 1.29 is 9.53 Å². The van der Waals surface area contributed by atoms with Crippen LogP contribution in [0.25, 0.3) is 0 Å². The molecule has 0 heterocycles. The number of hydrogen-bond donors (Lipinski definition) is 1. The summed E-state index contributed by atoms with van der Waals surface area (Å²) in [5.41, 5.74) is 5.28. The van der Waals surface area contributed by atoms with Gasteiger partial charge in [-0.15, -0.1) is 0 Å². The molecule has 0 unspecified atom stereocenters. The van der Waals surface area contributed by atoms with E-state index < -0.39 is 5.41 Å². The lowest BCUT2D eigenvalue weighted by atomic mass is 9.79. The monoisotopic (exact) mass is 173 g/mol. The van der Waals surface area contributed by atoms with Crippen LogP contribution in [0.3, 0.4) is 0 Å². The van der Waals surface area contributed by atoms with E-state index in [0.29, 0.717) is 0 Å². The number of carbonyl (C=O) groups excluding carboxylic acids is 1. The lowest BCUT2D eigenvalue weighted by molar-refractivity contribution is -0.152. The number of rotatable bonds is 3. The van der Waals surface area contributed by atoms with Crippen molar-refractivity contribution in [2.24, 2.45) is 17.1 Å². The number of nitrogens with two attached hydrogens (primary N) is 1. The normalized spacial score (nSPS) is 14.6. The summed E-state index contributed by atoms with van der Waals surface area (Å²) < 4.78 is 4.67. The maximum absolute atomic E-state index is 11.3. The third kappa shape index (κ3) is 2.21. The van der Waals surface area contributed by atoms with E-state index in [2.05, 4.69) is 4.74 Å². The van der Waals surface area contributed by atoms with Crippen molar-refractivity contribution in [1.29, 1.82) is 0 Å². The Kier molecular flexibility index (Phi) is 3.71. The predicted molar refractivity (Wildman–Crippen MR) is 48.6 cm³/mol. The zero-order valence-electron chi connectivity index (χ0n) is 8.55. The largest absolute Gasteiger partial charge is 0.469 e. The van der Waals surface area contributed by atoms with Gasteiger partial charge in [0.15, 0.2) is 0 Å². The first kappa shape index (κ1) is 11.4. The SMILES string of the molecule is COC(=O)C(C)(C)[C@H](N)C(C)C. The van der Waals surface area contributed by atoms with Crippen LogP contribution in [0.4, 0.5) is 0 Å². The first-order chi connectivity index (χ1) is 5.34. The lowest BCUT2D eigenvalue weighted by Gasteiger charge is -2.31. The van der Waals surface area contributed by atoms with Crippen LogP contribution in [0.1, 0.15) is 27.7 Å². The van der Waals surface area contributed by atoms with Crippen LogP contribution in [-0.2, 0) is 9.53 Å². The van der Waals surface area contributed by atoms with Crippen molar-refractivity contribution in [3.05, 3.63) is 0 Å². The van der Waals surface area contributed by atoms with Gasteiger partial charge in [0.05, 0.1) is 12.5 Å². The molecule has 0 amide bonds. The molecule has 12 heavy (non-hydrogen) atoms. The maximum atomic E-state index is 11.3. The Bertz CT molecular complexity index is 164. The van der Waals surface area contributed by atoms with E-state index in [1.54, 1.807) is 0 Å². The van der Waals surface area contributed by atoms with Gasteiger partial charge in [-0.25, -0.2) is 0 Å². The second kappa shape index (κ2) is 3.90. The first-order valence-electron chi connectivity index (χ1n) is 4.18. The van der Waals surface area contributed by atoms with Crippen LogP contribution in [-0.4, -0.2) is 19.1 Å². The molecule has 0 rings (SSSR count). The van der Waals surface area contributed by atoms with E-state index in [1.807, 2.05) is 27.7 Å². The Morgan fingerprint density at radius 2 is 1.83 bits per heavy atom. The van der Waals surface area contributed by atoms with E-state index in [0.717, 1.165) is 0 Å². The van der Waals surface area contributed by atoms with Crippen LogP contribution in [0.5, 0.6) is 0 Å². The highest BCUT2D eigenvalue weighted by molar-refractivity contribution is 5.76. The molecular weight excluding hydrogens is 154 g/mol. The van der Waals surface area contributed by atoms with Gasteiger partial charge in [-0.1, -0.05) is 13.8 Å². The van der Waals surface area contributed by atoms with Crippen LogP contribution >= 0.6 is 0 Å². The van der Waals surface area contributed by atoms with E-state index in [1.165, 1.54) is 7.11 Å². The molecule has 0 fully saturated rings. The van der Waals surface area contributed by atoms with E-state index >= 15 is 0 Å². The van der Waals surface area contributed by atoms with Crippen molar-refractivity contribution in [2.75, 3.05) is 7.11 Å². The fourth-order valence-electron chi connectivity index (χ4n) is 1.23. The quantitative estimate of drug-likeness (QED) is 0.652. The number of ether oxygens (including phenoxy) is 1. The minimum atomic E-state index is -0.594. The molecule has 0 bridgehead atoms. The summed E-state index contributed by atoms with van der Waals surface area (Å²) in [6, 6.07) is -0.162. The molecule has 1 atom stereocenters. The molecule has 0 radical (unpaired) electrons. The summed E-state index contributed by atoms with van der Waals surface area (Å²) in [6.45, 7) is 7.61. The summed E-state index contributed by atoms with van der Waals surface area (Å²) >= 11 is 0. The predicted octanol–water partition coefficient (Wildman–Crippen LogP) is 1.17. The van der Waals surface area contributed by atoms with Gasteiger partial charge >= 0.3 is 5.97 Å². The molecule has 0 saturated heterocycles. The fourth-order valence-corrected chi connectivity index (χ4v) is 1.23. The second-order valence-corrected chi connectivity index (χ2v) is 3.98. The molecule has 0 aromatic rings. The number of hydrogen-bond acceptors (Lipinski definition) is 3. The molecule has 0 aliphatic heterocycles. The average molecular weight is 173 g/mol. The van der Waals surface area contributed by atoms with Gasteiger partial charge < -0.3 is 10.5 Å². The van der Waals surface area contributed by atoms with Crippen LogP contribution in [0.2, 0.25) is 0 Å². The average Bonchev–Trinajstić information content (AvgIpc) is 2.01. The Hall–Kier alpha value is -0.570. The van der Waals surface area contributed by atoms with E-state index in [9.17, 15) is 4.79 Å². The topological polar surface area (TPSA) is 52.3 Å². The van der Waals surface area contributed by atoms with E-state index in [4.69, 9.17) is 5.73 Å². The zero-order valence-corrected chi connectivity index (χ0v) is 8.55. The number of methoxy groups -OCH3 is 1. The Balaban J connectivity index is 4.48. The van der Waals surface area contributed by atoms with Gasteiger partial charge in [0.2, 0.25) is 0 Å². The number of carbonyl (C=O) groups is 1. The Morgan fingerprint density at radius 3 is 2.08 bits per heavy atom. The zero-order chi connectivity index (χ0) is 9.94. The van der Waals surface area contributed by atoms with Crippen LogP contribution < -0.4 is 5.73 Å². The van der Waals surface area contributed by atoms with Gasteiger partial charge in [-0.2, -0.15) is 0 Å². The van der Waals surface area contributed by atoms with Crippen LogP contribution in [0, 0.1) is 11.3 Å². The highest BCUT2D eigenvalue weighted by Crippen LogP contribution is 2.25. The summed E-state index contributed by atoms with van der Waals surface area (Å²) in [7, 11) is 1.39. The van der Waals surface area contributed by atoms with Gasteiger partial charge in [-0.05, 0) is 19.8 Å². The molecule has 0 aromatic heterocycles. The van der Waals surface area contributed by atoms with Gasteiger partial charge in [0.25, 0.3) is 0 Å². The maximum Gasteiger partial charge on any atom is 0.312 e. The van der Waals surface area contributed by atoms with E-state index in [-0.39, 0.29) is 17.9 Å². The first-order valence-corrected chi connectivity index (χ1v) is 4.18. The summed E-state index contributed by atoms with van der Waals surface area (Å²) in [5.74, 6) is 0.0304. The molecular formula is C9H19NO2. The minimum absolute atomic E-state index is 0.162.